The Morgan fingerprint density at radius 3 is 3.00 bits per heavy atom. The molecule has 5 rings (SSSR count). The van der Waals surface area contributed by atoms with E-state index in [4.69, 9.17) is 4.74 Å². The van der Waals surface area contributed by atoms with Crippen LogP contribution in [0.15, 0.2) is 29.4 Å². The topological polar surface area (TPSA) is 61.4 Å². The molecule has 0 radical (unpaired) electrons. The van der Waals surface area contributed by atoms with Crippen molar-refractivity contribution in [2.45, 2.75) is 44.2 Å². The van der Waals surface area contributed by atoms with Crippen LogP contribution in [0.4, 0.5) is 4.39 Å². The van der Waals surface area contributed by atoms with Gasteiger partial charge in [0.15, 0.2) is 5.96 Å². The number of aliphatic imine (C=N–C) groups is 1. The molecule has 2 heterocycles. The van der Waals surface area contributed by atoms with Gasteiger partial charge in [0.25, 0.3) is 0 Å². The number of nitrogens with zero attached hydrogens (tertiary/aromatic N) is 1. The third-order valence-electron chi connectivity index (χ3n) is 6.97. The Kier molecular flexibility index (Phi) is 5.57. The molecular formula is C21H28FIN4O. The Hall–Kier alpha value is -1.35. The van der Waals surface area contributed by atoms with Crippen LogP contribution in [0, 0.1) is 17.2 Å². The standard InChI is InChI=1S/C21H27FN4O.HI/c1-23-20(26-18-16-6-10-27-19(16)21(18)7-2-8-21)24-9-5-13-12-25-17-11-14(22)3-4-15(13)17;/h3-4,11-12,16,18-19,25H,2,5-10H2,1H3,(H2,23,24,26);1H. The predicted molar refractivity (Wildman–Crippen MR) is 120 cm³/mol. The average Bonchev–Trinajstić information content (AvgIpc) is 3.21. The van der Waals surface area contributed by atoms with E-state index < -0.39 is 0 Å². The first-order chi connectivity index (χ1) is 13.2. The average molecular weight is 498 g/mol. The van der Waals surface area contributed by atoms with E-state index in [1.165, 1.54) is 30.9 Å². The highest BCUT2D eigenvalue weighted by Crippen LogP contribution is 2.62. The molecule has 0 bridgehead atoms. The number of aromatic amines is 1. The van der Waals surface area contributed by atoms with Crippen LogP contribution in [-0.2, 0) is 11.2 Å². The van der Waals surface area contributed by atoms with Crippen LogP contribution in [0.1, 0.15) is 31.2 Å². The van der Waals surface area contributed by atoms with E-state index >= 15 is 0 Å². The summed E-state index contributed by atoms with van der Waals surface area (Å²) in [6, 6.07) is 5.39. The van der Waals surface area contributed by atoms with Gasteiger partial charge >= 0.3 is 0 Å². The van der Waals surface area contributed by atoms with Gasteiger partial charge in [-0.05, 0) is 49.4 Å². The van der Waals surface area contributed by atoms with Crippen LogP contribution in [0.3, 0.4) is 0 Å². The molecular weight excluding hydrogens is 470 g/mol. The van der Waals surface area contributed by atoms with Gasteiger partial charge in [-0.15, -0.1) is 24.0 Å². The molecule has 2 saturated carbocycles. The maximum absolute atomic E-state index is 13.3. The third-order valence-corrected chi connectivity index (χ3v) is 6.97. The molecule has 2 aromatic rings. The second-order valence-electron chi connectivity index (χ2n) is 8.21. The van der Waals surface area contributed by atoms with Crippen molar-refractivity contribution in [3.8, 4) is 0 Å². The Balaban J connectivity index is 0.00000192. The van der Waals surface area contributed by atoms with Gasteiger partial charge < -0.3 is 20.4 Å². The van der Waals surface area contributed by atoms with Crippen LogP contribution in [0.25, 0.3) is 10.9 Å². The second kappa shape index (κ2) is 7.82. The van der Waals surface area contributed by atoms with Gasteiger partial charge in [-0.1, -0.05) is 6.42 Å². The Bertz CT molecular complexity index is 878. The lowest BCUT2D eigenvalue weighted by Gasteiger charge is -2.63. The molecule has 3 aliphatic rings. The van der Waals surface area contributed by atoms with Crippen molar-refractivity contribution in [1.82, 2.24) is 15.6 Å². The van der Waals surface area contributed by atoms with Gasteiger partial charge in [0, 0.05) is 54.7 Å². The van der Waals surface area contributed by atoms with Crippen molar-refractivity contribution >= 4 is 40.8 Å². The summed E-state index contributed by atoms with van der Waals surface area (Å²) < 4.78 is 19.3. The van der Waals surface area contributed by atoms with Crippen LogP contribution < -0.4 is 10.6 Å². The van der Waals surface area contributed by atoms with Crippen molar-refractivity contribution in [2.24, 2.45) is 16.3 Å². The number of fused-ring (bicyclic) bond motifs is 3. The molecule has 3 unspecified atom stereocenters. The lowest BCUT2D eigenvalue weighted by molar-refractivity contribution is -0.171. The summed E-state index contributed by atoms with van der Waals surface area (Å²) in [4.78, 5) is 7.59. The predicted octanol–water partition coefficient (Wildman–Crippen LogP) is 3.59. The molecule has 3 fully saturated rings. The number of ether oxygens (including phenoxy) is 1. The maximum Gasteiger partial charge on any atom is 0.191 e. The van der Waals surface area contributed by atoms with Crippen molar-refractivity contribution in [3.63, 3.8) is 0 Å². The number of hydrogen-bond donors (Lipinski definition) is 3. The highest BCUT2D eigenvalue weighted by Gasteiger charge is 2.66. The van der Waals surface area contributed by atoms with E-state index in [9.17, 15) is 4.39 Å². The SMILES string of the molecule is CN=C(NCCc1c[nH]c2cc(F)ccc12)NC1C2CCOC2C12CCC2.I. The summed E-state index contributed by atoms with van der Waals surface area (Å²) in [7, 11) is 1.83. The van der Waals surface area contributed by atoms with Crippen LogP contribution in [-0.4, -0.2) is 43.3 Å². The molecule has 152 valence electrons. The van der Waals surface area contributed by atoms with E-state index in [-0.39, 0.29) is 29.8 Å². The monoisotopic (exact) mass is 498 g/mol. The number of rotatable bonds is 4. The molecule has 5 nitrogen and oxygen atoms in total. The molecule has 7 heteroatoms. The zero-order valence-corrected chi connectivity index (χ0v) is 18.5. The second-order valence-corrected chi connectivity index (χ2v) is 8.21. The van der Waals surface area contributed by atoms with E-state index in [1.807, 2.05) is 19.3 Å². The Morgan fingerprint density at radius 1 is 1.39 bits per heavy atom. The van der Waals surface area contributed by atoms with Gasteiger partial charge in [-0.2, -0.15) is 0 Å². The summed E-state index contributed by atoms with van der Waals surface area (Å²) in [5.41, 5.74) is 2.39. The molecule has 1 aliphatic heterocycles. The van der Waals surface area contributed by atoms with E-state index in [1.54, 1.807) is 6.07 Å². The van der Waals surface area contributed by atoms with Gasteiger partial charge in [0.1, 0.15) is 5.82 Å². The van der Waals surface area contributed by atoms with Gasteiger partial charge in [0.05, 0.1) is 6.10 Å². The highest BCUT2D eigenvalue weighted by molar-refractivity contribution is 14.0. The first-order valence-electron chi connectivity index (χ1n) is 10.1. The van der Waals surface area contributed by atoms with Crippen molar-refractivity contribution in [1.29, 1.82) is 0 Å². The summed E-state index contributed by atoms with van der Waals surface area (Å²) in [5.74, 6) is 1.30. The first-order valence-corrected chi connectivity index (χ1v) is 10.1. The number of H-pyrrole nitrogens is 1. The summed E-state index contributed by atoms with van der Waals surface area (Å²) in [5, 5.41) is 8.24. The quantitative estimate of drug-likeness (QED) is 0.343. The van der Waals surface area contributed by atoms with E-state index in [2.05, 4.69) is 20.6 Å². The minimum Gasteiger partial charge on any atom is -0.377 e. The summed E-state index contributed by atoms with van der Waals surface area (Å²) in [6.07, 6.45) is 8.32. The highest BCUT2D eigenvalue weighted by atomic mass is 127. The smallest absolute Gasteiger partial charge is 0.191 e. The van der Waals surface area contributed by atoms with E-state index in [0.29, 0.717) is 23.5 Å². The lowest BCUT2D eigenvalue weighted by Crippen LogP contribution is -2.72. The fraction of sp³-hybridized carbons (Fsp3) is 0.571. The normalized spacial score (nSPS) is 27.6. The largest absolute Gasteiger partial charge is 0.377 e. The zero-order chi connectivity index (χ0) is 18.4. The van der Waals surface area contributed by atoms with Crippen molar-refractivity contribution < 1.29 is 9.13 Å². The fourth-order valence-electron chi connectivity index (χ4n) is 5.48. The molecule has 2 aliphatic carbocycles. The molecule has 1 aromatic carbocycles. The van der Waals surface area contributed by atoms with Crippen LogP contribution in [0.5, 0.6) is 0 Å². The molecule has 3 atom stereocenters. The summed E-state index contributed by atoms with van der Waals surface area (Å²) in [6.45, 7) is 1.69. The minimum absolute atomic E-state index is 0. The van der Waals surface area contributed by atoms with Crippen LogP contribution in [0.2, 0.25) is 0 Å². The number of nitrogens with one attached hydrogen (secondary N) is 3. The minimum atomic E-state index is -0.210. The maximum atomic E-state index is 13.3. The number of aromatic nitrogens is 1. The molecule has 1 saturated heterocycles. The van der Waals surface area contributed by atoms with Gasteiger partial charge in [-0.25, -0.2) is 4.39 Å². The molecule has 0 amide bonds. The summed E-state index contributed by atoms with van der Waals surface area (Å²) >= 11 is 0. The van der Waals surface area contributed by atoms with Gasteiger partial charge in [-0.3, -0.25) is 4.99 Å². The molecule has 28 heavy (non-hydrogen) atoms. The number of halogens is 2. The first kappa shape index (κ1) is 19.9. The van der Waals surface area contributed by atoms with Crippen molar-refractivity contribution in [2.75, 3.05) is 20.2 Å². The Morgan fingerprint density at radius 2 is 2.25 bits per heavy atom. The molecule has 1 aromatic heterocycles. The number of hydrogen-bond acceptors (Lipinski definition) is 2. The van der Waals surface area contributed by atoms with Crippen molar-refractivity contribution in [3.05, 3.63) is 35.8 Å². The third kappa shape index (κ3) is 3.10. The molecule has 1 spiro atoms. The Labute approximate surface area is 181 Å². The van der Waals surface area contributed by atoms with E-state index in [0.717, 1.165) is 42.9 Å². The lowest BCUT2D eigenvalue weighted by atomic mass is 9.46. The fourth-order valence-corrected chi connectivity index (χ4v) is 5.48. The number of benzene rings is 1. The number of guanidine groups is 1. The van der Waals surface area contributed by atoms with Gasteiger partial charge in [0.2, 0.25) is 0 Å². The zero-order valence-electron chi connectivity index (χ0n) is 16.1. The van der Waals surface area contributed by atoms with Crippen LogP contribution >= 0.6 is 24.0 Å². The molecule has 3 N–H and O–H groups in total.